The molecule has 23 heavy (non-hydrogen) atoms. The molecule has 1 amide bonds. The number of carbonyl (C=O) groups excluding carboxylic acids is 1. The number of hydrogen-bond acceptors (Lipinski definition) is 4. The van der Waals surface area contributed by atoms with E-state index in [1.165, 1.54) is 23.5 Å². The summed E-state index contributed by atoms with van der Waals surface area (Å²) in [5.74, 6) is -0.169. The molecule has 2 aromatic heterocycles. The van der Waals surface area contributed by atoms with E-state index in [4.69, 9.17) is 16.4 Å². The summed E-state index contributed by atoms with van der Waals surface area (Å²) >= 11 is 7.64. The van der Waals surface area contributed by atoms with Crippen molar-refractivity contribution in [2.75, 3.05) is 14.2 Å². The molecule has 0 spiro atoms. The quantitative estimate of drug-likeness (QED) is 0.674. The molecule has 0 atom stereocenters. The fourth-order valence-corrected chi connectivity index (χ4v) is 3.68. The van der Waals surface area contributed by atoms with Crippen LogP contribution in [0.5, 0.6) is 0 Å². The van der Waals surface area contributed by atoms with E-state index in [1.807, 2.05) is 41.9 Å². The molecule has 0 saturated carbocycles. The van der Waals surface area contributed by atoms with Gasteiger partial charge in [0, 0.05) is 17.5 Å². The second kappa shape index (κ2) is 6.31. The zero-order valence-electron chi connectivity index (χ0n) is 13.0. The molecular formula is C16H16ClN3O2S. The van der Waals surface area contributed by atoms with E-state index in [0.717, 1.165) is 21.5 Å². The number of hydrogen-bond donors (Lipinski definition) is 0. The third-order valence-corrected chi connectivity index (χ3v) is 5.16. The molecule has 0 fully saturated rings. The Balaban J connectivity index is 2.00. The fourth-order valence-electron chi connectivity index (χ4n) is 2.35. The molecule has 0 aliphatic heterocycles. The molecule has 5 nitrogen and oxygen atoms in total. The Morgan fingerprint density at radius 3 is 2.87 bits per heavy atom. The van der Waals surface area contributed by atoms with Gasteiger partial charge in [-0.2, -0.15) is 5.10 Å². The van der Waals surface area contributed by atoms with Crippen molar-refractivity contribution in [2.24, 2.45) is 0 Å². The zero-order chi connectivity index (χ0) is 16.6. The number of rotatable bonds is 4. The highest BCUT2D eigenvalue weighted by atomic mass is 35.5. The molecule has 0 aliphatic carbocycles. The van der Waals surface area contributed by atoms with Crippen molar-refractivity contribution >= 4 is 39.1 Å². The summed E-state index contributed by atoms with van der Waals surface area (Å²) in [4.78, 5) is 18.8. The van der Waals surface area contributed by atoms with Crippen molar-refractivity contribution in [3.8, 4) is 0 Å². The molecular weight excluding hydrogens is 334 g/mol. The van der Waals surface area contributed by atoms with E-state index >= 15 is 0 Å². The summed E-state index contributed by atoms with van der Waals surface area (Å²) in [5.41, 5.74) is 1.89. The number of fused-ring (bicyclic) bond motifs is 1. The number of aryl methyl sites for hydroxylation is 1. The first kappa shape index (κ1) is 16.0. The second-order valence-corrected chi connectivity index (χ2v) is 6.59. The molecule has 0 saturated heterocycles. The first-order valence-electron chi connectivity index (χ1n) is 7.03. The van der Waals surface area contributed by atoms with E-state index in [0.29, 0.717) is 16.4 Å². The standard InChI is InChI=1S/C16H16ClN3O2S/c1-10-12-8-14(15(21)19(2)22-3)23-16(12)20(18-10)9-11-6-4-5-7-13(11)17/h4-8H,9H2,1-3H3. The van der Waals surface area contributed by atoms with Crippen LogP contribution in [-0.4, -0.2) is 34.9 Å². The first-order chi connectivity index (χ1) is 11.0. The third kappa shape index (κ3) is 2.97. The number of amides is 1. The van der Waals surface area contributed by atoms with Crippen LogP contribution in [0.25, 0.3) is 10.2 Å². The monoisotopic (exact) mass is 349 g/mol. The van der Waals surface area contributed by atoms with Gasteiger partial charge in [0.05, 0.1) is 24.2 Å². The Kier molecular flexibility index (Phi) is 4.39. The topological polar surface area (TPSA) is 47.4 Å². The predicted octanol–water partition coefficient (Wildman–Crippen LogP) is 3.74. The maximum Gasteiger partial charge on any atom is 0.287 e. The van der Waals surface area contributed by atoms with Gasteiger partial charge < -0.3 is 0 Å². The van der Waals surface area contributed by atoms with Gasteiger partial charge in [-0.1, -0.05) is 29.8 Å². The molecule has 120 valence electrons. The van der Waals surface area contributed by atoms with Crippen LogP contribution >= 0.6 is 22.9 Å². The van der Waals surface area contributed by atoms with Gasteiger partial charge in [0.1, 0.15) is 4.83 Å². The van der Waals surface area contributed by atoms with Crippen molar-refractivity contribution in [3.05, 3.63) is 51.5 Å². The maximum absolute atomic E-state index is 12.2. The van der Waals surface area contributed by atoms with Gasteiger partial charge in [-0.05, 0) is 24.6 Å². The predicted molar refractivity (Wildman–Crippen MR) is 92.0 cm³/mol. The third-order valence-electron chi connectivity index (χ3n) is 3.66. The number of benzene rings is 1. The van der Waals surface area contributed by atoms with Crippen LogP contribution in [0.15, 0.2) is 30.3 Å². The molecule has 3 rings (SSSR count). The molecule has 2 heterocycles. The van der Waals surface area contributed by atoms with Gasteiger partial charge in [-0.3, -0.25) is 14.3 Å². The van der Waals surface area contributed by atoms with Crippen LogP contribution in [0.3, 0.4) is 0 Å². The Bertz CT molecular complexity index is 871. The summed E-state index contributed by atoms with van der Waals surface area (Å²) in [6.07, 6.45) is 0. The lowest BCUT2D eigenvalue weighted by Gasteiger charge is -2.11. The summed E-state index contributed by atoms with van der Waals surface area (Å²) in [6, 6.07) is 9.55. The van der Waals surface area contributed by atoms with E-state index < -0.39 is 0 Å². The van der Waals surface area contributed by atoms with Crippen LogP contribution in [0.4, 0.5) is 0 Å². The summed E-state index contributed by atoms with van der Waals surface area (Å²) in [7, 11) is 3.06. The van der Waals surface area contributed by atoms with E-state index in [-0.39, 0.29) is 5.91 Å². The highest BCUT2D eigenvalue weighted by molar-refractivity contribution is 7.20. The minimum Gasteiger partial charge on any atom is -0.274 e. The Morgan fingerprint density at radius 2 is 2.17 bits per heavy atom. The Labute approximate surface area is 143 Å². The molecule has 0 N–H and O–H groups in total. The van der Waals surface area contributed by atoms with Crippen molar-refractivity contribution in [2.45, 2.75) is 13.5 Å². The van der Waals surface area contributed by atoms with E-state index in [1.54, 1.807) is 7.05 Å². The smallest absolute Gasteiger partial charge is 0.274 e. The van der Waals surface area contributed by atoms with Crippen molar-refractivity contribution in [1.29, 1.82) is 0 Å². The van der Waals surface area contributed by atoms with E-state index in [2.05, 4.69) is 5.10 Å². The van der Waals surface area contributed by atoms with E-state index in [9.17, 15) is 4.79 Å². The second-order valence-electron chi connectivity index (χ2n) is 5.15. The van der Waals surface area contributed by atoms with Gasteiger partial charge in [-0.15, -0.1) is 11.3 Å². The molecule has 0 aliphatic rings. The largest absolute Gasteiger partial charge is 0.287 e. The van der Waals surface area contributed by atoms with Crippen molar-refractivity contribution in [1.82, 2.24) is 14.8 Å². The summed E-state index contributed by atoms with van der Waals surface area (Å²) in [6.45, 7) is 2.50. The van der Waals surface area contributed by atoms with Gasteiger partial charge in [0.2, 0.25) is 0 Å². The molecule has 1 aromatic carbocycles. The molecule has 3 aromatic rings. The Hall–Kier alpha value is -1.89. The van der Waals surface area contributed by atoms with Gasteiger partial charge >= 0.3 is 0 Å². The average molecular weight is 350 g/mol. The van der Waals surface area contributed by atoms with Crippen LogP contribution in [0.2, 0.25) is 5.02 Å². The lowest BCUT2D eigenvalue weighted by atomic mass is 10.2. The minimum absolute atomic E-state index is 0.169. The zero-order valence-corrected chi connectivity index (χ0v) is 14.6. The van der Waals surface area contributed by atoms with Gasteiger partial charge in [0.15, 0.2) is 0 Å². The molecule has 7 heteroatoms. The molecule has 0 radical (unpaired) electrons. The lowest BCUT2D eigenvalue weighted by molar-refractivity contribution is -0.0753. The summed E-state index contributed by atoms with van der Waals surface area (Å²) < 4.78 is 1.89. The Morgan fingerprint density at radius 1 is 1.43 bits per heavy atom. The molecule has 0 bridgehead atoms. The van der Waals surface area contributed by atoms with Gasteiger partial charge in [0.25, 0.3) is 5.91 Å². The highest BCUT2D eigenvalue weighted by Crippen LogP contribution is 2.30. The van der Waals surface area contributed by atoms with Crippen LogP contribution < -0.4 is 0 Å². The number of halogens is 1. The number of nitrogens with zero attached hydrogens (tertiary/aromatic N) is 3. The number of carbonyl (C=O) groups is 1. The highest BCUT2D eigenvalue weighted by Gasteiger charge is 2.19. The van der Waals surface area contributed by atoms with Crippen LogP contribution in [0.1, 0.15) is 20.9 Å². The van der Waals surface area contributed by atoms with Crippen LogP contribution in [0, 0.1) is 6.92 Å². The van der Waals surface area contributed by atoms with Crippen LogP contribution in [-0.2, 0) is 11.4 Å². The average Bonchev–Trinajstić information content (AvgIpc) is 3.10. The van der Waals surface area contributed by atoms with Crippen molar-refractivity contribution in [3.63, 3.8) is 0 Å². The summed E-state index contributed by atoms with van der Waals surface area (Å²) in [5, 5.41) is 7.47. The minimum atomic E-state index is -0.169. The molecule has 0 unspecified atom stereocenters. The SMILES string of the molecule is CON(C)C(=O)c1cc2c(C)nn(Cc3ccccc3Cl)c2s1. The fraction of sp³-hybridized carbons (Fsp3) is 0.250. The first-order valence-corrected chi connectivity index (χ1v) is 8.23. The normalized spacial score (nSPS) is 11.1. The lowest BCUT2D eigenvalue weighted by Crippen LogP contribution is -2.24. The maximum atomic E-state index is 12.2. The van der Waals surface area contributed by atoms with Gasteiger partial charge in [-0.25, -0.2) is 5.06 Å². The number of aromatic nitrogens is 2. The van der Waals surface area contributed by atoms with Crippen molar-refractivity contribution < 1.29 is 9.63 Å². The number of thiophene rings is 1. The number of hydroxylamine groups is 2.